The highest BCUT2D eigenvalue weighted by atomic mass is 16.5. The van der Waals surface area contributed by atoms with Gasteiger partial charge in [-0.2, -0.15) is 4.73 Å². The Balaban J connectivity index is 2.95. The summed E-state index contributed by atoms with van der Waals surface area (Å²) in [7, 11) is 1.50. The normalized spacial score (nSPS) is 9.42. The van der Waals surface area contributed by atoms with E-state index in [1.807, 2.05) is 0 Å². The van der Waals surface area contributed by atoms with Crippen LogP contribution in [0.15, 0.2) is 24.5 Å². The SMILES string of the molecule is CN(C(N)=O)c1ccc[n+]([O-])c1. The molecule has 1 aromatic heterocycles. The van der Waals surface area contributed by atoms with Crippen molar-refractivity contribution in [2.24, 2.45) is 5.73 Å². The Morgan fingerprint density at radius 2 is 2.42 bits per heavy atom. The highest BCUT2D eigenvalue weighted by molar-refractivity contribution is 5.89. The van der Waals surface area contributed by atoms with Crippen molar-refractivity contribution >= 4 is 11.7 Å². The second-order valence-electron chi connectivity index (χ2n) is 2.32. The number of carbonyl (C=O) groups is 1. The Morgan fingerprint density at radius 3 is 2.92 bits per heavy atom. The molecule has 2 amide bonds. The molecule has 0 fully saturated rings. The number of anilines is 1. The number of nitrogens with two attached hydrogens (primary N) is 1. The van der Waals surface area contributed by atoms with Crippen molar-refractivity contribution in [3.05, 3.63) is 29.7 Å². The summed E-state index contributed by atoms with van der Waals surface area (Å²) >= 11 is 0. The fourth-order valence-corrected chi connectivity index (χ4v) is 0.769. The van der Waals surface area contributed by atoms with Gasteiger partial charge in [-0.15, -0.1) is 0 Å². The average molecular weight is 167 g/mol. The van der Waals surface area contributed by atoms with E-state index in [1.54, 1.807) is 12.1 Å². The van der Waals surface area contributed by atoms with E-state index in [-0.39, 0.29) is 0 Å². The maximum atomic E-state index is 10.8. The van der Waals surface area contributed by atoms with E-state index in [0.717, 1.165) is 0 Å². The van der Waals surface area contributed by atoms with E-state index in [9.17, 15) is 10.0 Å². The number of hydrogen-bond acceptors (Lipinski definition) is 2. The average Bonchev–Trinajstić information content (AvgIpc) is 2.03. The number of hydrogen-bond donors (Lipinski definition) is 1. The highest BCUT2D eigenvalue weighted by Gasteiger charge is 2.07. The molecule has 5 heteroatoms. The zero-order valence-electron chi connectivity index (χ0n) is 6.60. The summed E-state index contributed by atoms with van der Waals surface area (Å²) in [5.41, 5.74) is 5.47. The minimum atomic E-state index is -0.596. The van der Waals surface area contributed by atoms with Gasteiger partial charge in [-0.25, -0.2) is 4.79 Å². The number of urea groups is 1. The number of nitrogens with zero attached hydrogens (tertiary/aromatic N) is 2. The van der Waals surface area contributed by atoms with Gasteiger partial charge in [0.15, 0.2) is 6.20 Å². The molecule has 0 unspecified atom stereocenters. The molecule has 12 heavy (non-hydrogen) atoms. The molecule has 0 atom stereocenters. The molecular weight excluding hydrogens is 158 g/mol. The lowest BCUT2D eigenvalue weighted by molar-refractivity contribution is -0.604. The molecule has 0 spiro atoms. The largest absolute Gasteiger partial charge is 0.619 e. The van der Waals surface area contributed by atoms with Crippen LogP contribution in [0.1, 0.15) is 0 Å². The van der Waals surface area contributed by atoms with E-state index in [0.29, 0.717) is 10.4 Å². The van der Waals surface area contributed by atoms with Crippen LogP contribution in [0.25, 0.3) is 0 Å². The molecule has 64 valence electrons. The number of amides is 2. The summed E-state index contributed by atoms with van der Waals surface area (Å²) in [6, 6.07) is 2.57. The van der Waals surface area contributed by atoms with Crippen LogP contribution in [0.2, 0.25) is 0 Å². The molecule has 0 saturated carbocycles. The zero-order valence-corrected chi connectivity index (χ0v) is 6.60. The van der Waals surface area contributed by atoms with Crippen LogP contribution in [0.3, 0.4) is 0 Å². The molecule has 1 aromatic rings. The van der Waals surface area contributed by atoms with Gasteiger partial charge in [-0.3, -0.25) is 4.90 Å². The predicted octanol–water partition coefficient (Wildman–Crippen LogP) is -0.165. The minimum Gasteiger partial charge on any atom is -0.619 e. The number of primary amides is 1. The van der Waals surface area contributed by atoms with Gasteiger partial charge in [-0.05, 0) is 6.07 Å². The second kappa shape index (κ2) is 3.08. The van der Waals surface area contributed by atoms with Crippen molar-refractivity contribution in [1.29, 1.82) is 0 Å². The summed E-state index contributed by atoms with van der Waals surface area (Å²) in [6.07, 6.45) is 2.60. The van der Waals surface area contributed by atoms with E-state index in [4.69, 9.17) is 5.73 Å². The van der Waals surface area contributed by atoms with Gasteiger partial charge in [0, 0.05) is 13.1 Å². The van der Waals surface area contributed by atoms with Crippen molar-refractivity contribution in [3.63, 3.8) is 0 Å². The molecule has 0 saturated heterocycles. The summed E-state index contributed by atoms with van der Waals surface area (Å²) in [5.74, 6) is 0. The third-order valence-corrected chi connectivity index (χ3v) is 1.48. The summed E-state index contributed by atoms with van der Waals surface area (Å²) < 4.78 is 0.606. The summed E-state index contributed by atoms with van der Waals surface area (Å²) in [4.78, 5) is 11.8. The summed E-state index contributed by atoms with van der Waals surface area (Å²) in [5, 5.41) is 10.8. The van der Waals surface area contributed by atoms with Crippen molar-refractivity contribution in [2.45, 2.75) is 0 Å². The van der Waals surface area contributed by atoms with Gasteiger partial charge >= 0.3 is 6.03 Å². The number of pyridine rings is 1. The molecule has 0 aliphatic rings. The number of aromatic nitrogens is 1. The topological polar surface area (TPSA) is 73.3 Å². The van der Waals surface area contributed by atoms with Crippen molar-refractivity contribution in [1.82, 2.24) is 0 Å². The molecule has 0 bridgehead atoms. The Morgan fingerprint density at radius 1 is 1.75 bits per heavy atom. The van der Waals surface area contributed by atoms with Crippen LogP contribution in [0, 0.1) is 5.21 Å². The fraction of sp³-hybridized carbons (Fsp3) is 0.143. The Labute approximate surface area is 69.6 Å². The predicted molar refractivity (Wildman–Crippen MR) is 43.4 cm³/mol. The fourth-order valence-electron chi connectivity index (χ4n) is 0.769. The lowest BCUT2D eigenvalue weighted by Crippen LogP contribution is -2.34. The summed E-state index contributed by atoms with van der Waals surface area (Å²) in [6.45, 7) is 0. The van der Waals surface area contributed by atoms with Gasteiger partial charge in [0.25, 0.3) is 0 Å². The van der Waals surface area contributed by atoms with Gasteiger partial charge < -0.3 is 10.9 Å². The molecule has 1 rings (SSSR count). The highest BCUT2D eigenvalue weighted by Crippen LogP contribution is 2.06. The molecule has 0 aromatic carbocycles. The zero-order chi connectivity index (χ0) is 9.14. The first-order valence-electron chi connectivity index (χ1n) is 3.33. The first-order chi connectivity index (χ1) is 5.61. The molecule has 0 aliphatic heterocycles. The lowest BCUT2D eigenvalue weighted by atomic mass is 10.4. The lowest BCUT2D eigenvalue weighted by Gasteiger charge is -2.12. The van der Waals surface area contributed by atoms with Crippen LogP contribution in [-0.2, 0) is 0 Å². The van der Waals surface area contributed by atoms with Gasteiger partial charge in [0.1, 0.15) is 5.69 Å². The van der Waals surface area contributed by atoms with Crippen LogP contribution in [0.4, 0.5) is 10.5 Å². The molecule has 1 heterocycles. The quantitative estimate of drug-likeness (QED) is 0.466. The van der Waals surface area contributed by atoms with Crippen LogP contribution in [0.5, 0.6) is 0 Å². The van der Waals surface area contributed by atoms with E-state index < -0.39 is 6.03 Å². The van der Waals surface area contributed by atoms with Crippen molar-refractivity contribution in [3.8, 4) is 0 Å². The van der Waals surface area contributed by atoms with E-state index >= 15 is 0 Å². The van der Waals surface area contributed by atoms with Gasteiger partial charge in [0.05, 0.1) is 0 Å². The minimum absolute atomic E-state index is 0.472. The van der Waals surface area contributed by atoms with Crippen molar-refractivity contribution < 1.29 is 9.52 Å². The third-order valence-electron chi connectivity index (χ3n) is 1.48. The third kappa shape index (κ3) is 1.63. The smallest absolute Gasteiger partial charge is 0.319 e. The van der Waals surface area contributed by atoms with Crippen LogP contribution >= 0.6 is 0 Å². The maximum absolute atomic E-state index is 10.8. The molecular formula is C7H9N3O2. The number of carbonyl (C=O) groups excluding carboxylic acids is 1. The maximum Gasteiger partial charge on any atom is 0.319 e. The second-order valence-corrected chi connectivity index (χ2v) is 2.32. The molecule has 0 aliphatic carbocycles. The first-order valence-corrected chi connectivity index (χ1v) is 3.33. The monoisotopic (exact) mass is 167 g/mol. The van der Waals surface area contributed by atoms with E-state index in [2.05, 4.69) is 0 Å². The Bertz CT molecular complexity index is 300. The Hall–Kier alpha value is -1.78. The first kappa shape index (κ1) is 8.32. The van der Waals surface area contributed by atoms with Crippen molar-refractivity contribution in [2.75, 3.05) is 11.9 Å². The Kier molecular flexibility index (Phi) is 2.14. The van der Waals surface area contributed by atoms with Crippen LogP contribution < -0.4 is 15.4 Å². The standard InChI is InChI=1S/C7H9N3O2/c1-9(7(8)11)6-3-2-4-10(12)5-6/h2-5H,1H3,(H2,8,11). The van der Waals surface area contributed by atoms with E-state index in [1.165, 1.54) is 24.3 Å². The van der Waals surface area contributed by atoms with Crippen LogP contribution in [-0.4, -0.2) is 13.1 Å². The molecule has 2 N–H and O–H groups in total. The van der Waals surface area contributed by atoms with Gasteiger partial charge in [-0.1, -0.05) is 0 Å². The number of rotatable bonds is 1. The van der Waals surface area contributed by atoms with Gasteiger partial charge in [0.2, 0.25) is 6.20 Å². The molecule has 0 radical (unpaired) electrons. The molecule has 5 nitrogen and oxygen atoms in total.